The molecule has 1 aromatic heterocycles. The molecule has 0 saturated carbocycles. The minimum atomic E-state index is -0.437. The van der Waals surface area contributed by atoms with E-state index in [1.807, 2.05) is 17.5 Å². The Labute approximate surface area is 188 Å². The fraction of sp³-hybridized carbons (Fsp3) is 0.478. The van der Waals surface area contributed by atoms with Crippen LogP contribution in [0.25, 0.3) is 11.1 Å². The normalized spacial score (nSPS) is 11.0. The van der Waals surface area contributed by atoms with Crippen molar-refractivity contribution in [1.82, 2.24) is 4.90 Å². The first-order valence-electron chi connectivity index (χ1n) is 10.6. The fourth-order valence-electron chi connectivity index (χ4n) is 3.10. The smallest absolute Gasteiger partial charge is 0.341 e. The van der Waals surface area contributed by atoms with Crippen LogP contribution >= 0.6 is 22.9 Å². The number of hydrogen-bond acceptors (Lipinski definition) is 5. The summed E-state index contributed by atoms with van der Waals surface area (Å²) in [6.45, 7) is 8.44. The van der Waals surface area contributed by atoms with Gasteiger partial charge in [0.25, 0.3) is 0 Å². The van der Waals surface area contributed by atoms with E-state index >= 15 is 0 Å². The Morgan fingerprint density at radius 1 is 1.07 bits per heavy atom. The zero-order valence-electron chi connectivity index (χ0n) is 18.0. The van der Waals surface area contributed by atoms with Crippen LogP contribution in [0.4, 0.5) is 5.00 Å². The van der Waals surface area contributed by atoms with Gasteiger partial charge >= 0.3 is 5.97 Å². The topological polar surface area (TPSA) is 58.6 Å². The van der Waals surface area contributed by atoms with Gasteiger partial charge in [0.1, 0.15) is 10.6 Å². The van der Waals surface area contributed by atoms with E-state index in [1.165, 1.54) is 11.3 Å². The van der Waals surface area contributed by atoms with Crippen LogP contribution in [0, 0.1) is 0 Å². The first kappa shape index (κ1) is 24.4. The predicted molar refractivity (Wildman–Crippen MR) is 126 cm³/mol. The van der Waals surface area contributed by atoms with Gasteiger partial charge in [-0.1, -0.05) is 50.4 Å². The van der Waals surface area contributed by atoms with Gasteiger partial charge in [0.15, 0.2) is 0 Å². The molecule has 1 amide bonds. The van der Waals surface area contributed by atoms with Gasteiger partial charge in [0.05, 0.1) is 13.2 Å². The number of halogens is 1. The molecule has 0 radical (unpaired) electrons. The van der Waals surface area contributed by atoms with Crippen LogP contribution < -0.4 is 5.32 Å². The molecule has 0 unspecified atom stereocenters. The summed E-state index contributed by atoms with van der Waals surface area (Å²) >= 11 is 7.33. The van der Waals surface area contributed by atoms with Crippen LogP contribution in [0.1, 0.15) is 56.8 Å². The van der Waals surface area contributed by atoms with Crippen molar-refractivity contribution in [3.05, 3.63) is 40.2 Å². The van der Waals surface area contributed by atoms with E-state index in [0.717, 1.165) is 49.9 Å². The summed E-state index contributed by atoms with van der Waals surface area (Å²) in [5.41, 5.74) is 1.98. The van der Waals surface area contributed by atoms with Crippen LogP contribution in [0.5, 0.6) is 0 Å². The number of carbonyl (C=O) groups is 2. The molecule has 5 nitrogen and oxygen atoms in total. The van der Waals surface area contributed by atoms with Crippen LogP contribution in [0.3, 0.4) is 0 Å². The molecular formula is C23H31ClN2O3S. The summed E-state index contributed by atoms with van der Waals surface area (Å²) in [7, 11) is 0. The molecule has 164 valence electrons. The maximum atomic E-state index is 12.8. The molecule has 0 atom stereocenters. The highest BCUT2D eigenvalue weighted by Crippen LogP contribution is 2.36. The van der Waals surface area contributed by atoms with Crippen LogP contribution in [0.2, 0.25) is 5.02 Å². The predicted octanol–water partition coefficient (Wildman–Crippen LogP) is 6.09. The van der Waals surface area contributed by atoms with E-state index in [-0.39, 0.29) is 12.5 Å². The van der Waals surface area contributed by atoms with Gasteiger partial charge in [0.2, 0.25) is 5.91 Å². The minimum Gasteiger partial charge on any atom is -0.462 e. The fourth-order valence-corrected chi connectivity index (χ4v) is 4.20. The first-order chi connectivity index (χ1) is 14.5. The Kier molecular flexibility index (Phi) is 10.3. The van der Waals surface area contributed by atoms with Crippen molar-refractivity contribution in [3.8, 4) is 11.1 Å². The van der Waals surface area contributed by atoms with Crippen molar-refractivity contribution >= 4 is 39.8 Å². The van der Waals surface area contributed by atoms with Crippen molar-refractivity contribution in [2.75, 3.05) is 31.6 Å². The molecule has 30 heavy (non-hydrogen) atoms. The minimum absolute atomic E-state index is 0.114. The van der Waals surface area contributed by atoms with Gasteiger partial charge in [-0.2, -0.15) is 0 Å². The molecule has 0 aliphatic carbocycles. The summed E-state index contributed by atoms with van der Waals surface area (Å²) in [5.74, 6) is -0.551. The maximum absolute atomic E-state index is 12.8. The maximum Gasteiger partial charge on any atom is 0.341 e. The van der Waals surface area contributed by atoms with Crippen molar-refractivity contribution in [2.24, 2.45) is 0 Å². The molecule has 1 heterocycles. The van der Waals surface area contributed by atoms with Gasteiger partial charge in [-0.25, -0.2) is 4.79 Å². The molecule has 2 rings (SSSR count). The number of rotatable bonds is 12. The molecule has 7 heteroatoms. The van der Waals surface area contributed by atoms with E-state index in [9.17, 15) is 9.59 Å². The van der Waals surface area contributed by atoms with E-state index in [0.29, 0.717) is 22.1 Å². The Morgan fingerprint density at radius 3 is 2.27 bits per heavy atom. The monoisotopic (exact) mass is 450 g/mol. The van der Waals surface area contributed by atoms with Crippen molar-refractivity contribution in [2.45, 2.75) is 46.5 Å². The zero-order chi connectivity index (χ0) is 21.9. The SMILES string of the molecule is CCCCN(CCCC)CC(=O)Nc1scc(-c2ccc(Cl)cc2)c1C(=O)OCC. The number of esters is 1. The van der Waals surface area contributed by atoms with Crippen molar-refractivity contribution < 1.29 is 14.3 Å². The molecule has 0 aliphatic rings. The molecule has 0 spiro atoms. The quantitative estimate of drug-likeness (QED) is 0.398. The molecule has 1 N–H and O–H groups in total. The standard InChI is InChI=1S/C23H31ClN2O3S/c1-4-7-13-26(14-8-5-2)15-20(27)25-22-21(23(28)29-6-3)19(16-30-22)17-9-11-18(24)12-10-17/h9-12,16H,4-8,13-15H2,1-3H3,(H,25,27). The summed E-state index contributed by atoms with van der Waals surface area (Å²) < 4.78 is 5.26. The average Bonchev–Trinajstić information content (AvgIpc) is 3.14. The van der Waals surface area contributed by atoms with E-state index < -0.39 is 5.97 Å². The molecule has 0 fully saturated rings. The second-order valence-corrected chi connectivity index (χ2v) is 8.43. The summed E-state index contributed by atoms with van der Waals surface area (Å²) in [5, 5.41) is 5.96. The van der Waals surface area contributed by atoms with Gasteiger partial charge in [-0.05, 0) is 50.6 Å². The Bertz CT molecular complexity index is 812. The van der Waals surface area contributed by atoms with Gasteiger partial charge in [-0.3, -0.25) is 9.69 Å². The second kappa shape index (κ2) is 12.7. The van der Waals surface area contributed by atoms with Crippen molar-refractivity contribution in [1.29, 1.82) is 0 Å². The van der Waals surface area contributed by atoms with Crippen LogP contribution in [-0.4, -0.2) is 43.0 Å². The summed E-state index contributed by atoms with van der Waals surface area (Å²) in [6.07, 6.45) is 4.30. The largest absolute Gasteiger partial charge is 0.462 e. The van der Waals surface area contributed by atoms with Gasteiger partial charge in [-0.15, -0.1) is 11.3 Å². The third-order valence-electron chi connectivity index (χ3n) is 4.70. The molecule has 0 bridgehead atoms. The Balaban J connectivity index is 2.22. The lowest BCUT2D eigenvalue weighted by molar-refractivity contribution is -0.117. The number of amides is 1. The van der Waals surface area contributed by atoms with E-state index in [1.54, 1.807) is 19.1 Å². The zero-order valence-corrected chi connectivity index (χ0v) is 19.6. The van der Waals surface area contributed by atoms with E-state index in [4.69, 9.17) is 16.3 Å². The molecular weight excluding hydrogens is 420 g/mol. The lowest BCUT2D eigenvalue weighted by Crippen LogP contribution is -2.34. The number of hydrogen-bond donors (Lipinski definition) is 1. The van der Waals surface area contributed by atoms with Crippen LogP contribution in [-0.2, 0) is 9.53 Å². The lowest BCUT2D eigenvalue weighted by atomic mass is 10.0. The third kappa shape index (κ3) is 7.11. The highest BCUT2D eigenvalue weighted by Gasteiger charge is 2.23. The molecule has 1 aromatic carbocycles. The highest BCUT2D eigenvalue weighted by atomic mass is 35.5. The number of anilines is 1. The Hall–Kier alpha value is -1.89. The number of carbonyl (C=O) groups excluding carboxylic acids is 2. The van der Waals surface area contributed by atoms with E-state index in [2.05, 4.69) is 24.1 Å². The summed E-state index contributed by atoms with van der Waals surface area (Å²) in [6, 6.07) is 7.27. The van der Waals surface area contributed by atoms with Crippen molar-refractivity contribution in [3.63, 3.8) is 0 Å². The lowest BCUT2D eigenvalue weighted by Gasteiger charge is -2.21. The molecule has 0 aliphatic heterocycles. The number of nitrogens with one attached hydrogen (secondary N) is 1. The number of nitrogens with zero attached hydrogens (tertiary/aromatic N) is 1. The van der Waals surface area contributed by atoms with Gasteiger partial charge < -0.3 is 10.1 Å². The number of thiophene rings is 1. The van der Waals surface area contributed by atoms with Crippen LogP contribution in [0.15, 0.2) is 29.6 Å². The molecule has 2 aromatic rings. The average molecular weight is 451 g/mol. The highest BCUT2D eigenvalue weighted by molar-refractivity contribution is 7.15. The number of unbranched alkanes of at least 4 members (excludes halogenated alkanes) is 2. The molecule has 0 saturated heterocycles. The van der Waals surface area contributed by atoms with Gasteiger partial charge in [0, 0.05) is 16.0 Å². The summed E-state index contributed by atoms with van der Waals surface area (Å²) in [4.78, 5) is 27.6. The third-order valence-corrected chi connectivity index (χ3v) is 5.85. The second-order valence-electron chi connectivity index (χ2n) is 7.11. The number of ether oxygens (including phenoxy) is 1. The first-order valence-corrected chi connectivity index (χ1v) is 11.8. The number of benzene rings is 1. The Morgan fingerprint density at radius 2 is 1.70 bits per heavy atom.